The van der Waals surface area contributed by atoms with Gasteiger partial charge in [-0.15, -0.1) is 0 Å². The third-order valence-corrected chi connectivity index (χ3v) is 10.0. The molecule has 226 valence electrons. The average Bonchev–Trinajstić information content (AvgIpc) is 3.67. The van der Waals surface area contributed by atoms with Gasteiger partial charge in [-0.05, 0) is 54.6 Å². The number of hydrogen-bond acceptors (Lipinski definition) is 4. The number of nitrogens with zero attached hydrogens (tertiary/aromatic N) is 4. The highest BCUT2D eigenvalue weighted by Gasteiger charge is 2.23. The van der Waals surface area contributed by atoms with E-state index in [1.807, 2.05) is 54.6 Å². The van der Waals surface area contributed by atoms with Crippen molar-refractivity contribution in [2.45, 2.75) is 0 Å². The van der Waals surface area contributed by atoms with E-state index in [0.717, 1.165) is 82.4 Å². The third-order valence-electron chi connectivity index (χ3n) is 8.95. The molecule has 9 aromatic rings. The lowest BCUT2D eigenvalue weighted by atomic mass is 10.1. The Kier molecular flexibility index (Phi) is 6.79. The number of hydrogen-bond donors (Lipinski definition) is 2. The Balaban J connectivity index is 1.49. The monoisotopic (exact) mass is 652 g/mol. The zero-order chi connectivity index (χ0) is 32.2. The van der Waals surface area contributed by atoms with Crippen molar-refractivity contribution >= 4 is 71.0 Å². The van der Waals surface area contributed by atoms with Gasteiger partial charge in [-0.1, -0.05) is 91.0 Å². The van der Waals surface area contributed by atoms with Gasteiger partial charge in [0.05, 0.1) is 33.5 Å². The Bertz CT molecular complexity index is 2640. The molecule has 3 heterocycles. The van der Waals surface area contributed by atoms with Crippen molar-refractivity contribution in [2.75, 3.05) is 0 Å². The number of benzene rings is 6. The molecule has 0 aliphatic rings. The Hall–Kier alpha value is -5.80. The highest BCUT2D eigenvalue weighted by atomic mass is 31.1. The fourth-order valence-corrected chi connectivity index (χ4v) is 7.50. The van der Waals surface area contributed by atoms with E-state index in [1.54, 1.807) is 0 Å². The minimum Gasteiger partial charge on any atom is -0.307 e. The Morgan fingerprint density at radius 1 is 0.438 bits per heavy atom. The second kappa shape index (κ2) is 11.5. The van der Waals surface area contributed by atoms with E-state index in [9.17, 15) is 0 Å². The zero-order valence-electron chi connectivity index (χ0n) is 25.5. The van der Waals surface area contributed by atoms with Gasteiger partial charge >= 0.3 is 0 Å². The van der Waals surface area contributed by atoms with Crippen molar-refractivity contribution in [3.05, 3.63) is 146 Å². The maximum Gasteiger partial charge on any atom is 0.235 e. The van der Waals surface area contributed by atoms with Gasteiger partial charge in [0.25, 0.3) is 0 Å². The molecule has 0 aliphatic carbocycles. The van der Waals surface area contributed by atoms with Crippen LogP contribution < -0.4 is 10.6 Å². The number of fused-ring (bicyclic) bond motifs is 7. The summed E-state index contributed by atoms with van der Waals surface area (Å²) in [7, 11) is 0.942. The molecule has 0 spiro atoms. The van der Waals surface area contributed by atoms with Crippen LogP contribution in [0.1, 0.15) is 0 Å². The van der Waals surface area contributed by atoms with E-state index in [1.165, 1.54) is 0 Å². The molecule has 3 aromatic heterocycles. The van der Waals surface area contributed by atoms with E-state index >= 15 is 0 Å². The second-order valence-electron chi connectivity index (χ2n) is 11.7. The van der Waals surface area contributed by atoms with E-state index in [2.05, 4.69) is 100 Å². The molecule has 0 atom stereocenters. The van der Waals surface area contributed by atoms with Gasteiger partial charge < -0.3 is 4.57 Å². The van der Waals surface area contributed by atoms with Crippen LogP contribution in [0, 0.1) is 10.3 Å². The Labute approximate surface area is 279 Å². The number of rotatable bonds is 6. The minimum atomic E-state index is 0.463. The molecule has 2 N–H and O–H groups in total. The summed E-state index contributed by atoms with van der Waals surface area (Å²) in [5.41, 5.74) is 8.84. The fourth-order valence-electron chi connectivity index (χ4n) is 6.82. The molecule has 6 aromatic carbocycles. The number of nitrogens with one attached hydrogen (secondary N) is 2. The number of para-hydroxylation sites is 1. The summed E-state index contributed by atoms with van der Waals surface area (Å²) in [5.74, 6) is 0.578. The molecule has 0 radical (unpaired) electrons. The van der Waals surface area contributed by atoms with Crippen LogP contribution in [0.3, 0.4) is 0 Å². The van der Waals surface area contributed by atoms with Crippen LogP contribution in [-0.2, 0) is 0 Å². The van der Waals surface area contributed by atoms with Gasteiger partial charge in [0.2, 0.25) is 5.95 Å². The van der Waals surface area contributed by atoms with Crippen LogP contribution in [0.4, 0.5) is 0 Å². The second-order valence-corrected chi connectivity index (χ2v) is 13.1. The summed E-state index contributed by atoms with van der Waals surface area (Å²) in [5, 5.41) is 22.4. The Morgan fingerprint density at radius 2 is 0.896 bits per heavy atom. The first-order chi connectivity index (χ1) is 23.7. The minimum absolute atomic E-state index is 0.463. The van der Waals surface area contributed by atoms with Crippen molar-refractivity contribution in [3.63, 3.8) is 0 Å². The Morgan fingerprint density at radius 3 is 1.40 bits per heavy atom. The molecular formula is C40H26N6P2. The average molecular weight is 653 g/mol. The molecule has 0 amide bonds. The highest BCUT2D eigenvalue weighted by Crippen LogP contribution is 2.41. The largest absolute Gasteiger partial charge is 0.307 e. The predicted octanol–water partition coefficient (Wildman–Crippen LogP) is 10.7. The molecule has 0 saturated heterocycles. The highest BCUT2D eigenvalue weighted by molar-refractivity contribution is 7.35. The lowest BCUT2D eigenvalue weighted by Crippen LogP contribution is -2.05. The molecule has 0 fully saturated rings. The summed E-state index contributed by atoms with van der Waals surface area (Å²) in [6, 6.07) is 50.0. The van der Waals surface area contributed by atoms with Crippen LogP contribution in [0.25, 0.3) is 77.8 Å². The van der Waals surface area contributed by atoms with E-state index < -0.39 is 0 Å². The first kappa shape index (κ1) is 28.4. The molecule has 0 unspecified atom stereocenters. The van der Waals surface area contributed by atoms with Crippen molar-refractivity contribution in [1.29, 1.82) is 10.3 Å². The van der Waals surface area contributed by atoms with Crippen molar-refractivity contribution in [1.82, 2.24) is 19.1 Å². The van der Waals surface area contributed by atoms with E-state index in [0.29, 0.717) is 22.7 Å². The van der Waals surface area contributed by atoms with Crippen molar-refractivity contribution < 1.29 is 0 Å². The summed E-state index contributed by atoms with van der Waals surface area (Å²) in [6.45, 7) is 0. The normalized spacial score (nSPS) is 11.8. The topological polar surface area (TPSA) is 83.3 Å². The van der Waals surface area contributed by atoms with E-state index in [-0.39, 0.29) is 0 Å². The van der Waals surface area contributed by atoms with Crippen molar-refractivity contribution in [2.24, 2.45) is 0 Å². The van der Waals surface area contributed by atoms with Crippen LogP contribution >= 0.6 is 16.7 Å². The van der Waals surface area contributed by atoms with Crippen LogP contribution in [0.2, 0.25) is 0 Å². The molecule has 0 bridgehead atoms. The maximum absolute atomic E-state index is 8.15. The predicted molar refractivity (Wildman–Crippen MR) is 200 cm³/mol. The molecule has 48 heavy (non-hydrogen) atoms. The van der Waals surface area contributed by atoms with Gasteiger partial charge in [0.15, 0.2) is 0 Å². The van der Waals surface area contributed by atoms with Crippen LogP contribution in [-0.4, -0.2) is 19.1 Å². The fraction of sp³-hybridized carbons (Fsp3) is 0. The zero-order valence-corrected chi connectivity index (χ0v) is 27.3. The summed E-state index contributed by atoms with van der Waals surface area (Å²) in [4.78, 5) is 10.6. The first-order valence-corrected chi connectivity index (χ1v) is 17.4. The molecule has 0 aliphatic heterocycles. The lowest BCUT2D eigenvalue weighted by Gasteiger charge is -2.14. The SMILES string of the molecule is N=Pc1ccc2c(c1)c1ccc3c4cc(P=N)ccc4n(-c4nc(-c5ccccc5)cc(-c5ccccc5)n4)c3c1n2-c1ccccc1. The van der Waals surface area contributed by atoms with Gasteiger partial charge in [-0.2, -0.15) is 0 Å². The molecule has 8 heteroatoms. The van der Waals surface area contributed by atoms with Gasteiger partial charge in [0.1, 0.15) is 0 Å². The third kappa shape index (κ3) is 4.50. The standard InChI is InChI=1S/C40H26N6P2/c41-47-28-16-20-36-32(22-28)30-18-19-31-33-23-29(48-42)17-21-37(33)46(39(31)38(30)45(36)27-14-8-3-9-15-27)40-43-34(25-10-4-1-5-11-25)24-35(44-40)26-12-6-2-7-13-26/h1-24,41-42H. The van der Waals surface area contributed by atoms with Crippen molar-refractivity contribution in [3.8, 4) is 34.2 Å². The quantitative estimate of drug-likeness (QED) is 0.175. The van der Waals surface area contributed by atoms with Gasteiger partial charge in [-0.25, -0.2) is 9.97 Å². The molecule has 0 saturated carbocycles. The lowest BCUT2D eigenvalue weighted by molar-refractivity contribution is 0.995. The number of aromatic nitrogens is 4. The van der Waals surface area contributed by atoms with Gasteiger partial charge in [-0.3, -0.25) is 14.9 Å². The smallest absolute Gasteiger partial charge is 0.235 e. The molecule has 6 nitrogen and oxygen atoms in total. The molecular weight excluding hydrogens is 626 g/mol. The maximum atomic E-state index is 8.15. The van der Waals surface area contributed by atoms with Gasteiger partial charge in [0, 0.05) is 65.7 Å². The summed E-state index contributed by atoms with van der Waals surface area (Å²) < 4.78 is 4.54. The van der Waals surface area contributed by atoms with E-state index in [4.69, 9.17) is 20.3 Å². The molecule has 9 rings (SSSR count). The van der Waals surface area contributed by atoms with Crippen LogP contribution in [0.15, 0.2) is 146 Å². The first-order valence-electron chi connectivity index (χ1n) is 15.6. The summed E-state index contributed by atoms with van der Waals surface area (Å²) in [6.07, 6.45) is 0. The van der Waals surface area contributed by atoms with Crippen LogP contribution in [0.5, 0.6) is 0 Å². The summed E-state index contributed by atoms with van der Waals surface area (Å²) >= 11 is 0.